The van der Waals surface area contributed by atoms with E-state index in [4.69, 9.17) is 0 Å². The maximum Gasteiger partial charge on any atom is -0.00789 e. The molecule has 2 unspecified atom stereocenters. The molecule has 0 aromatic heterocycles. The Morgan fingerprint density at radius 1 is 0.720 bits per heavy atom. The summed E-state index contributed by atoms with van der Waals surface area (Å²) < 4.78 is 0. The van der Waals surface area contributed by atoms with Crippen LogP contribution in [0.15, 0.2) is 54.6 Å². The maximum absolute atomic E-state index is 2.50. The molecule has 132 valence electrons. The zero-order valence-electron chi connectivity index (χ0n) is 16.1. The van der Waals surface area contributed by atoms with E-state index in [0.29, 0.717) is 0 Å². The molecule has 0 N–H and O–H groups in total. The summed E-state index contributed by atoms with van der Waals surface area (Å²) in [5.74, 6) is 0. The molecule has 0 aliphatic carbocycles. The second-order valence-corrected chi connectivity index (χ2v) is 10.4. The van der Waals surface area contributed by atoms with Crippen LogP contribution in [0, 0.1) is 0 Å². The van der Waals surface area contributed by atoms with Crippen LogP contribution in [0.3, 0.4) is 0 Å². The van der Waals surface area contributed by atoms with E-state index in [1.165, 1.54) is 47.2 Å². The fourth-order valence-electron chi connectivity index (χ4n) is 4.26. The van der Waals surface area contributed by atoms with Crippen molar-refractivity contribution < 1.29 is 0 Å². The molecular formula is C24H31P. The van der Waals surface area contributed by atoms with Crippen LogP contribution in [0.2, 0.25) is 0 Å². The first-order chi connectivity index (χ1) is 12.2. The largest absolute Gasteiger partial charge is 0.0682 e. The van der Waals surface area contributed by atoms with Crippen molar-refractivity contribution >= 4 is 34.8 Å². The minimum absolute atomic E-state index is 0.190. The van der Waals surface area contributed by atoms with Crippen LogP contribution in [-0.4, -0.2) is 11.3 Å². The summed E-state index contributed by atoms with van der Waals surface area (Å²) in [5.41, 5.74) is 1.55. The molecule has 0 saturated heterocycles. The van der Waals surface area contributed by atoms with E-state index in [9.17, 15) is 0 Å². The Bertz CT molecular complexity index is 770. The van der Waals surface area contributed by atoms with Gasteiger partial charge in [0.05, 0.1) is 0 Å². The number of hydrogen-bond donors (Lipinski definition) is 0. The van der Waals surface area contributed by atoms with Gasteiger partial charge in [0.2, 0.25) is 0 Å². The van der Waals surface area contributed by atoms with Crippen LogP contribution in [0.25, 0.3) is 21.5 Å². The van der Waals surface area contributed by atoms with Crippen LogP contribution in [0.4, 0.5) is 0 Å². The molecule has 0 fully saturated rings. The molecule has 1 heteroatoms. The highest BCUT2D eigenvalue weighted by atomic mass is 31.1. The van der Waals surface area contributed by atoms with Crippen molar-refractivity contribution in [2.45, 2.75) is 64.7 Å². The molecule has 0 spiro atoms. The van der Waals surface area contributed by atoms with Crippen molar-refractivity contribution in [3.05, 3.63) is 54.6 Å². The highest BCUT2D eigenvalue weighted by Crippen LogP contribution is 2.51. The predicted molar refractivity (Wildman–Crippen MR) is 117 cm³/mol. The van der Waals surface area contributed by atoms with Gasteiger partial charge >= 0.3 is 0 Å². The molecule has 0 nitrogen and oxygen atoms in total. The number of hydrogen-bond acceptors (Lipinski definition) is 0. The lowest BCUT2D eigenvalue weighted by Gasteiger charge is -2.33. The lowest BCUT2D eigenvalue weighted by molar-refractivity contribution is 0.741. The topological polar surface area (TPSA) is 0 Å². The Labute approximate surface area is 154 Å². The molecule has 3 rings (SSSR count). The first kappa shape index (κ1) is 18.4. The summed E-state index contributed by atoms with van der Waals surface area (Å²) in [7, 11) is -0.190. The van der Waals surface area contributed by atoms with Crippen LogP contribution >= 0.6 is 7.92 Å². The van der Waals surface area contributed by atoms with Crippen molar-refractivity contribution in [1.82, 2.24) is 0 Å². The van der Waals surface area contributed by atoms with Crippen molar-refractivity contribution in [3.8, 4) is 0 Å². The average molecular weight is 350 g/mol. The molecule has 3 aromatic carbocycles. The quantitative estimate of drug-likeness (QED) is 0.306. The fraction of sp³-hybridized carbons (Fsp3) is 0.417. The molecule has 3 aromatic rings. The fourth-order valence-corrected chi connectivity index (χ4v) is 8.04. The minimum atomic E-state index is -0.190. The molecule has 25 heavy (non-hydrogen) atoms. The first-order valence-corrected chi connectivity index (χ1v) is 11.3. The first-order valence-electron chi connectivity index (χ1n) is 9.86. The molecule has 0 heterocycles. The zero-order chi connectivity index (χ0) is 17.8. The molecule has 0 aliphatic heterocycles. The maximum atomic E-state index is 2.50. The van der Waals surface area contributed by atoms with Crippen molar-refractivity contribution in [1.29, 1.82) is 0 Å². The van der Waals surface area contributed by atoms with Gasteiger partial charge in [-0.05, 0) is 57.1 Å². The van der Waals surface area contributed by atoms with Gasteiger partial charge in [0.1, 0.15) is 0 Å². The van der Waals surface area contributed by atoms with E-state index in [0.717, 1.165) is 11.3 Å². The van der Waals surface area contributed by atoms with Gasteiger partial charge in [0.15, 0.2) is 0 Å². The monoisotopic (exact) mass is 350 g/mol. The third-order valence-corrected chi connectivity index (χ3v) is 8.78. The van der Waals surface area contributed by atoms with Crippen molar-refractivity contribution in [2.24, 2.45) is 0 Å². The second-order valence-electron chi connectivity index (χ2n) is 7.35. The Morgan fingerprint density at radius 2 is 1.16 bits per heavy atom. The van der Waals surface area contributed by atoms with Gasteiger partial charge in [-0.1, -0.05) is 97.0 Å². The van der Waals surface area contributed by atoms with Gasteiger partial charge in [-0.25, -0.2) is 0 Å². The van der Waals surface area contributed by atoms with E-state index < -0.39 is 0 Å². The predicted octanol–water partition coefficient (Wildman–Crippen LogP) is 7.48. The highest BCUT2D eigenvalue weighted by Gasteiger charge is 2.27. The van der Waals surface area contributed by atoms with Gasteiger partial charge in [0.25, 0.3) is 0 Å². The van der Waals surface area contributed by atoms with Gasteiger partial charge < -0.3 is 0 Å². The summed E-state index contributed by atoms with van der Waals surface area (Å²) in [4.78, 5) is 0. The average Bonchev–Trinajstić information content (AvgIpc) is 2.62. The third kappa shape index (κ3) is 3.75. The zero-order valence-corrected chi connectivity index (χ0v) is 17.0. The summed E-state index contributed by atoms with van der Waals surface area (Å²) in [6, 6.07) is 20.4. The number of fused-ring (bicyclic) bond motifs is 2. The van der Waals surface area contributed by atoms with Gasteiger partial charge in [0, 0.05) is 0 Å². The molecular weight excluding hydrogens is 319 g/mol. The van der Waals surface area contributed by atoms with Crippen LogP contribution in [0.1, 0.15) is 53.4 Å². The van der Waals surface area contributed by atoms with E-state index in [-0.39, 0.29) is 7.92 Å². The van der Waals surface area contributed by atoms with Crippen molar-refractivity contribution in [2.75, 3.05) is 0 Å². The summed E-state index contributed by atoms with van der Waals surface area (Å²) in [6.07, 6.45) is 5.22. The van der Waals surface area contributed by atoms with Crippen molar-refractivity contribution in [3.63, 3.8) is 0 Å². The molecule has 0 saturated carbocycles. The SMILES string of the molecule is CCCC(C)P(c1c2ccccc2cc2ccccc12)C(C)CCC. The van der Waals surface area contributed by atoms with Gasteiger partial charge in [-0.15, -0.1) is 0 Å². The number of rotatable bonds is 7. The van der Waals surface area contributed by atoms with E-state index in [1.807, 2.05) is 0 Å². The lowest BCUT2D eigenvalue weighted by Crippen LogP contribution is -2.20. The van der Waals surface area contributed by atoms with E-state index in [2.05, 4.69) is 82.3 Å². The lowest BCUT2D eigenvalue weighted by atomic mass is 10.0. The standard InChI is InChI=1S/C24H31P/c1-5-11-18(3)25(19(4)12-6-2)24-22-15-9-7-13-20(22)17-21-14-8-10-16-23(21)24/h7-10,13-19H,5-6,11-12H2,1-4H3. The Hall–Kier alpha value is -1.39. The Balaban J connectivity index is 2.30. The summed E-state index contributed by atoms with van der Waals surface area (Å²) >= 11 is 0. The molecule has 2 atom stereocenters. The van der Waals surface area contributed by atoms with Gasteiger partial charge in [-0.2, -0.15) is 0 Å². The molecule has 0 bridgehead atoms. The smallest absolute Gasteiger partial charge is 0.00789 e. The molecule has 0 aliphatic rings. The normalized spacial score (nSPS) is 15.4. The molecule has 0 amide bonds. The van der Waals surface area contributed by atoms with Crippen LogP contribution in [0.5, 0.6) is 0 Å². The second kappa shape index (κ2) is 8.33. The summed E-state index contributed by atoms with van der Waals surface area (Å²) in [5, 5.41) is 7.43. The highest BCUT2D eigenvalue weighted by molar-refractivity contribution is 7.68. The van der Waals surface area contributed by atoms with Crippen LogP contribution < -0.4 is 5.30 Å². The van der Waals surface area contributed by atoms with E-state index in [1.54, 1.807) is 5.30 Å². The van der Waals surface area contributed by atoms with Crippen LogP contribution in [-0.2, 0) is 0 Å². The Morgan fingerprint density at radius 3 is 1.60 bits per heavy atom. The third-order valence-electron chi connectivity index (χ3n) is 5.36. The number of benzene rings is 3. The summed E-state index contributed by atoms with van der Waals surface area (Å²) in [6.45, 7) is 9.65. The molecule has 0 radical (unpaired) electrons. The van der Waals surface area contributed by atoms with E-state index >= 15 is 0 Å². The Kier molecular flexibility index (Phi) is 6.13. The van der Waals surface area contributed by atoms with Gasteiger partial charge in [-0.3, -0.25) is 0 Å². The minimum Gasteiger partial charge on any atom is -0.0682 e.